The van der Waals surface area contributed by atoms with Gasteiger partial charge in [0.2, 0.25) is 0 Å². The number of nitrogens with zero attached hydrogens (tertiary/aromatic N) is 4. The van der Waals surface area contributed by atoms with Crippen molar-refractivity contribution in [3.05, 3.63) is 26.6 Å². The van der Waals surface area contributed by atoms with Crippen LogP contribution in [0.2, 0.25) is 0 Å². The highest BCUT2D eigenvalue weighted by Gasteiger charge is 2.11. The van der Waals surface area contributed by atoms with Crippen molar-refractivity contribution in [2.75, 3.05) is 0 Å². The summed E-state index contributed by atoms with van der Waals surface area (Å²) in [5, 5.41) is 16.5. The predicted molar refractivity (Wildman–Crippen MR) is 87.0 cm³/mol. The van der Waals surface area contributed by atoms with Gasteiger partial charge < -0.3 is 0 Å². The lowest BCUT2D eigenvalue weighted by molar-refractivity contribution is 0.150. The van der Waals surface area contributed by atoms with Crippen molar-refractivity contribution >= 4 is 28.7 Å². The first-order valence-corrected chi connectivity index (χ1v) is 8.17. The number of aromatic nitrogens is 4. The molecule has 0 aliphatic heterocycles. The Bertz CT molecular complexity index is 484. The van der Waals surface area contributed by atoms with Gasteiger partial charge in [-0.05, 0) is 19.9 Å². The van der Waals surface area contributed by atoms with Crippen molar-refractivity contribution in [1.82, 2.24) is 20.4 Å². The van der Waals surface area contributed by atoms with Crippen molar-refractivity contribution in [2.24, 2.45) is 0 Å². The number of rotatable bonds is 2. The van der Waals surface area contributed by atoms with E-state index in [4.69, 9.17) is 0 Å². The van der Waals surface area contributed by atoms with Gasteiger partial charge in [0, 0.05) is 0 Å². The molecule has 0 radical (unpaired) electrons. The smallest absolute Gasteiger partial charge is 0.202 e. The molecule has 0 N–H and O–H groups in total. The van der Waals surface area contributed by atoms with Crippen LogP contribution in [0.1, 0.15) is 54.2 Å². The molecule has 2 aromatic heterocycles. The fourth-order valence-electron chi connectivity index (χ4n) is 0.794. The van der Waals surface area contributed by atoms with Crippen LogP contribution < -0.4 is 0 Å². The molecule has 2 rings (SSSR count). The Labute approximate surface area is 133 Å². The Morgan fingerprint density at radius 2 is 1.38 bits per heavy atom. The molecule has 0 saturated carbocycles. The second-order valence-electron chi connectivity index (χ2n) is 2.82. The lowest BCUT2D eigenvalue weighted by Crippen LogP contribution is -1.80. The summed E-state index contributed by atoms with van der Waals surface area (Å²) >= 11 is 2.47. The van der Waals surface area contributed by atoms with Crippen LogP contribution in [0.25, 0.3) is 6.08 Å². The second-order valence-corrected chi connectivity index (χ2v) is 5.25. The van der Waals surface area contributed by atoms with Crippen molar-refractivity contribution in [3.63, 3.8) is 0 Å². The number of hydrogen-bond acceptors (Lipinski definition) is 6. The highest BCUT2D eigenvalue weighted by Crippen LogP contribution is 2.21. The lowest BCUT2D eigenvalue weighted by atomic mass is 10.7. The molecule has 0 spiro atoms. The summed E-state index contributed by atoms with van der Waals surface area (Å²) in [5.74, 6) is 0. The van der Waals surface area contributed by atoms with Crippen LogP contribution in [0.5, 0.6) is 0 Å². The minimum Gasteiger partial charge on any atom is -0.202 e. The summed E-state index contributed by atoms with van der Waals surface area (Å²) in [6.45, 7) is 15.1. The van der Waals surface area contributed by atoms with Crippen LogP contribution in [-0.4, -0.2) is 20.4 Å². The molecule has 21 heavy (non-hydrogen) atoms. The van der Waals surface area contributed by atoms with Gasteiger partial charge in [0.15, 0.2) is 5.01 Å². The topological polar surface area (TPSA) is 51.6 Å². The quantitative estimate of drug-likeness (QED) is 0.744. The molecule has 0 aromatic carbocycles. The first-order chi connectivity index (χ1) is 10.0. The van der Waals surface area contributed by atoms with Crippen LogP contribution >= 0.6 is 22.7 Å². The Morgan fingerprint density at radius 1 is 0.905 bits per heavy atom. The summed E-state index contributed by atoms with van der Waals surface area (Å²) < 4.78 is 23.4. The summed E-state index contributed by atoms with van der Waals surface area (Å²) in [6.07, 6.45) is -0.777. The van der Waals surface area contributed by atoms with E-state index in [0.717, 1.165) is 21.4 Å². The van der Waals surface area contributed by atoms with Crippen molar-refractivity contribution < 1.29 is 8.78 Å². The van der Waals surface area contributed by atoms with E-state index in [1.165, 1.54) is 0 Å². The standard InChI is InChI=1S/C5H6N2S.C4H4F2N2S.2C2H6/c1-3-5-7-6-4(2)8-5;1-2-7-8-4(9-2)3(5)6;2*1-2/h3H,1H2,2H3;3H,1H3;2*1-2H3. The summed E-state index contributed by atoms with van der Waals surface area (Å²) in [4.78, 5) is 0. The van der Waals surface area contributed by atoms with Crippen LogP contribution in [-0.2, 0) is 0 Å². The van der Waals surface area contributed by atoms with Gasteiger partial charge in [-0.25, -0.2) is 8.78 Å². The molecule has 120 valence electrons. The number of aryl methyl sites for hydroxylation is 2. The van der Waals surface area contributed by atoms with E-state index in [1.54, 1.807) is 24.3 Å². The van der Waals surface area contributed by atoms with Crippen molar-refractivity contribution in [2.45, 2.75) is 48.0 Å². The van der Waals surface area contributed by atoms with Crippen molar-refractivity contribution in [3.8, 4) is 0 Å². The van der Waals surface area contributed by atoms with E-state index in [9.17, 15) is 8.78 Å². The maximum atomic E-state index is 11.7. The molecule has 0 aliphatic rings. The molecular formula is C13H22F2N4S2. The van der Waals surface area contributed by atoms with E-state index in [2.05, 4.69) is 27.0 Å². The zero-order valence-electron chi connectivity index (χ0n) is 13.2. The van der Waals surface area contributed by atoms with Gasteiger partial charge in [0.25, 0.3) is 6.43 Å². The maximum Gasteiger partial charge on any atom is 0.291 e. The van der Waals surface area contributed by atoms with Gasteiger partial charge >= 0.3 is 0 Å². The molecule has 0 atom stereocenters. The lowest BCUT2D eigenvalue weighted by Gasteiger charge is -1.84. The Morgan fingerprint density at radius 3 is 1.57 bits per heavy atom. The molecule has 0 amide bonds. The zero-order chi connectivity index (χ0) is 16.8. The van der Waals surface area contributed by atoms with Crippen LogP contribution in [0.4, 0.5) is 8.78 Å². The average molecular weight is 336 g/mol. The molecule has 0 aliphatic carbocycles. The molecule has 8 heteroatoms. The molecular weight excluding hydrogens is 314 g/mol. The van der Waals surface area contributed by atoms with E-state index >= 15 is 0 Å². The fraction of sp³-hybridized carbons (Fsp3) is 0.538. The van der Waals surface area contributed by atoms with Crippen molar-refractivity contribution in [1.29, 1.82) is 0 Å². The van der Waals surface area contributed by atoms with Gasteiger partial charge in [-0.2, -0.15) is 0 Å². The first-order valence-electron chi connectivity index (χ1n) is 6.53. The first kappa shape index (κ1) is 22.0. The Balaban J connectivity index is 0. The third-order valence-corrected chi connectivity index (χ3v) is 3.13. The molecule has 0 saturated heterocycles. The second kappa shape index (κ2) is 13.7. The van der Waals surface area contributed by atoms with Gasteiger partial charge in [-0.3, -0.25) is 0 Å². The van der Waals surface area contributed by atoms with Gasteiger partial charge in [0.05, 0.1) is 0 Å². The molecule has 4 nitrogen and oxygen atoms in total. The number of hydrogen-bond donors (Lipinski definition) is 0. The summed E-state index contributed by atoms with van der Waals surface area (Å²) in [6, 6.07) is 0. The highest BCUT2D eigenvalue weighted by atomic mass is 32.1. The fourth-order valence-corrected chi connectivity index (χ4v) is 1.90. The van der Waals surface area contributed by atoms with Gasteiger partial charge in [-0.15, -0.1) is 20.4 Å². The molecule has 0 unspecified atom stereocenters. The monoisotopic (exact) mass is 336 g/mol. The van der Waals surface area contributed by atoms with Crippen LogP contribution in [0, 0.1) is 13.8 Å². The predicted octanol–water partition coefficient (Wildman–Crippen LogP) is 5.33. The zero-order valence-corrected chi connectivity index (χ0v) is 14.9. The average Bonchev–Trinajstić information content (AvgIpc) is 3.12. The normalized spacial score (nSPS) is 8.62. The van der Waals surface area contributed by atoms with Crippen LogP contribution in [0.15, 0.2) is 6.58 Å². The molecule has 0 bridgehead atoms. The van der Waals surface area contributed by atoms with Crippen LogP contribution in [0.3, 0.4) is 0 Å². The van der Waals surface area contributed by atoms with E-state index in [-0.39, 0.29) is 5.01 Å². The van der Waals surface area contributed by atoms with E-state index in [0.29, 0.717) is 5.01 Å². The third kappa shape index (κ3) is 10.1. The number of halogens is 2. The highest BCUT2D eigenvalue weighted by molar-refractivity contribution is 7.12. The minimum atomic E-state index is -2.48. The third-order valence-electron chi connectivity index (χ3n) is 1.44. The van der Waals surface area contributed by atoms with Gasteiger partial charge in [-0.1, -0.05) is 56.9 Å². The van der Waals surface area contributed by atoms with E-state index in [1.807, 2.05) is 34.6 Å². The molecule has 2 aromatic rings. The van der Waals surface area contributed by atoms with Gasteiger partial charge in [0.1, 0.15) is 15.0 Å². The Kier molecular flexibility index (Phi) is 14.3. The molecule has 2 heterocycles. The van der Waals surface area contributed by atoms with E-state index < -0.39 is 6.43 Å². The number of alkyl halides is 2. The largest absolute Gasteiger partial charge is 0.291 e. The SMILES string of the molecule is C=Cc1nnc(C)s1.CC.CC.Cc1nnc(C(F)F)s1. The summed E-state index contributed by atoms with van der Waals surface area (Å²) in [5.41, 5.74) is 0. The minimum absolute atomic E-state index is 0.201. The Hall–Kier alpha value is -1.28. The maximum absolute atomic E-state index is 11.7. The molecule has 0 fully saturated rings. The summed E-state index contributed by atoms with van der Waals surface area (Å²) in [7, 11) is 0.